The van der Waals surface area contributed by atoms with E-state index in [-0.39, 0.29) is 24.0 Å². The van der Waals surface area contributed by atoms with Gasteiger partial charge in [0.2, 0.25) is 0 Å². The lowest BCUT2D eigenvalue weighted by Crippen LogP contribution is -2.16. The van der Waals surface area contributed by atoms with Crippen LogP contribution in [0, 0.1) is 0 Å². The van der Waals surface area contributed by atoms with E-state index in [9.17, 15) is 8.78 Å². The summed E-state index contributed by atoms with van der Waals surface area (Å²) in [5.41, 5.74) is 0. The molecular formula is C5H8F2OS. The molecule has 1 rings (SSSR count). The molecule has 0 unspecified atom stereocenters. The summed E-state index contributed by atoms with van der Waals surface area (Å²) in [4.78, 5) is 0. The van der Waals surface area contributed by atoms with Crippen molar-refractivity contribution in [2.45, 2.75) is 17.6 Å². The Morgan fingerprint density at radius 3 is 2.56 bits per heavy atom. The molecule has 4 heteroatoms. The highest BCUT2D eigenvalue weighted by atomic mass is 32.2. The van der Waals surface area contributed by atoms with E-state index in [4.69, 9.17) is 5.11 Å². The number of rotatable bonds is 1. The molecule has 0 amide bonds. The summed E-state index contributed by atoms with van der Waals surface area (Å²) in [5.74, 6) is -2.66. The van der Waals surface area contributed by atoms with Crippen LogP contribution in [-0.2, 0) is 0 Å². The summed E-state index contributed by atoms with van der Waals surface area (Å²) < 4.78 is 24.5. The van der Waals surface area contributed by atoms with Crippen molar-refractivity contribution >= 4 is 11.8 Å². The van der Waals surface area contributed by atoms with E-state index in [0.717, 1.165) is 11.8 Å². The molecule has 0 spiro atoms. The highest BCUT2D eigenvalue weighted by Gasteiger charge is 2.39. The van der Waals surface area contributed by atoms with Crippen molar-refractivity contribution in [2.75, 3.05) is 12.4 Å². The van der Waals surface area contributed by atoms with E-state index in [0.29, 0.717) is 0 Å². The van der Waals surface area contributed by atoms with Crippen molar-refractivity contribution in [1.29, 1.82) is 0 Å². The van der Waals surface area contributed by atoms with Crippen LogP contribution in [0.4, 0.5) is 8.78 Å². The largest absolute Gasteiger partial charge is 0.395 e. The lowest BCUT2D eigenvalue weighted by atomic mass is 10.2. The first-order valence-electron chi connectivity index (χ1n) is 2.74. The maximum atomic E-state index is 12.2. The zero-order valence-corrected chi connectivity index (χ0v) is 5.63. The minimum Gasteiger partial charge on any atom is -0.395 e. The van der Waals surface area contributed by atoms with Gasteiger partial charge in [-0.25, -0.2) is 8.78 Å². The van der Waals surface area contributed by atoms with Crippen LogP contribution in [0.25, 0.3) is 0 Å². The molecule has 1 aliphatic rings. The second-order valence-electron chi connectivity index (χ2n) is 2.18. The second kappa shape index (κ2) is 2.42. The molecule has 1 aliphatic heterocycles. The Balaban J connectivity index is 2.38. The van der Waals surface area contributed by atoms with Gasteiger partial charge in [-0.15, -0.1) is 11.8 Å². The number of hydrogen-bond donors (Lipinski definition) is 1. The van der Waals surface area contributed by atoms with E-state index >= 15 is 0 Å². The summed E-state index contributed by atoms with van der Waals surface area (Å²) in [6, 6.07) is 0. The van der Waals surface area contributed by atoms with Crippen molar-refractivity contribution < 1.29 is 13.9 Å². The average molecular weight is 154 g/mol. The van der Waals surface area contributed by atoms with Crippen LogP contribution in [0.2, 0.25) is 0 Å². The van der Waals surface area contributed by atoms with Gasteiger partial charge < -0.3 is 5.11 Å². The Bertz CT molecular complexity index is 107. The van der Waals surface area contributed by atoms with Crippen LogP contribution >= 0.6 is 11.8 Å². The maximum Gasteiger partial charge on any atom is 0.258 e. The van der Waals surface area contributed by atoms with Gasteiger partial charge in [-0.3, -0.25) is 0 Å². The number of halogens is 2. The molecule has 0 bridgehead atoms. The van der Waals surface area contributed by atoms with E-state index in [2.05, 4.69) is 0 Å². The number of hydrogen-bond acceptors (Lipinski definition) is 2. The van der Waals surface area contributed by atoms with Gasteiger partial charge in [0.1, 0.15) is 0 Å². The van der Waals surface area contributed by atoms with Gasteiger partial charge in [0, 0.05) is 11.7 Å². The fraction of sp³-hybridized carbons (Fsp3) is 1.00. The molecule has 0 aromatic carbocycles. The van der Waals surface area contributed by atoms with Crippen molar-refractivity contribution in [3.63, 3.8) is 0 Å². The Kier molecular flexibility index (Phi) is 1.96. The van der Waals surface area contributed by atoms with Crippen LogP contribution < -0.4 is 0 Å². The first-order chi connectivity index (χ1) is 4.14. The van der Waals surface area contributed by atoms with Crippen LogP contribution in [0.15, 0.2) is 0 Å². The molecule has 1 nitrogen and oxygen atoms in total. The first-order valence-corrected chi connectivity index (χ1v) is 3.79. The minimum absolute atomic E-state index is 0.125. The van der Waals surface area contributed by atoms with Crippen molar-refractivity contribution in [2.24, 2.45) is 0 Å². The van der Waals surface area contributed by atoms with Crippen LogP contribution in [0.1, 0.15) is 6.42 Å². The molecule has 0 radical (unpaired) electrons. The van der Waals surface area contributed by atoms with Crippen molar-refractivity contribution in [1.82, 2.24) is 0 Å². The highest BCUT2D eigenvalue weighted by Crippen LogP contribution is 2.37. The molecule has 0 aromatic heterocycles. The summed E-state index contributed by atoms with van der Waals surface area (Å²) >= 11 is 1.15. The molecule has 1 saturated heterocycles. The van der Waals surface area contributed by atoms with E-state index in [1.54, 1.807) is 0 Å². The lowest BCUT2D eigenvalue weighted by Gasteiger charge is -2.04. The molecule has 0 aliphatic carbocycles. The third-order valence-corrected chi connectivity index (χ3v) is 2.64. The predicted molar refractivity (Wildman–Crippen MR) is 32.9 cm³/mol. The predicted octanol–water partition coefficient (Wildman–Crippen LogP) is 1.12. The first kappa shape index (κ1) is 7.28. The van der Waals surface area contributed by atoms with Crippen LogP contribution in [0.3, 0.4) is 0 Å². The zero-order valence-electron chi connectivity index (χ0n) is 4.81. The molecule has 1 fully saturated rings. The Morgan fingerprint density at radius 1 is 1.67 bits per heavy atom. The molecule has 0 saturated carbocycles. The van der Waals surface area contributed by atoms with Gasteiger partial charge in [-0.2, -0.15) is 0 Å². The SMILES string of the molecule is OC[C@@H]1CC(F)(F)CS1. The number of aliphatic hydroxyl groups is 1. The minimum atomic E-state index is -2.53. The fourth-order valence-corrected chi connectivity index (χ4v) is 1.87. The summed E-state index contributed by atoms with van der Waals surface area (Å²) in [6.45, 7) is -0.125. The molecule has 1 heterocycles. The Morgan fingerprint density at radius 2 is 2.33 bits per heavy atom. The third-order valence-electron chi connectivity index (χ3n) is 1.26. The summed E-state index contributed by atoms with van der Waals surface area (Å²) in [6.07, 6.45) is -0.159. The number of thioether (sulfide) groups is 1. The molecule has 54 valence electrons. The van der Waals surface area contributed by atoms with Crippen LogP contribution in [0.5, 0.6) is 0 Å². The molecule has 1 atom stereocenters. The zero-order chi connectivity index (χ0) is 6.91. The lowest BCUT2D eigenvalue weighted by molar-refractivity contribution is 0.0223. The van der Waals surface area contributed by atoms with Gasteiger partial charge >= 0.3 is 0 Å². The quantitative estimate of drug-likeness (QED) is 0.610. The van der Waals surface area contributed by atoms with E-state index in [1.807, 2.05) is 0 Å². The van der Waals surface area contributed by atoms with E-state index < -0.39 is 5.92 Å². The van der Waals surface area contributed by atoms with E-state index in [1.165, 1.54) is 0 Å². The molecule has 0 aromatic rings. The molecule has 9 heavy (non-hydrogen) atoms. The summed E-state index contributed by atoms with van der Waals surface area (Å²) in [5, 5.41) is 8.21. The van der Waals surface area contributed by atoms with Crippen molar-refractivity contribution in [3.8, 4) is 0 Å². The fourth-order valence-electron chi connectivity index (χ4n) is 0.808. The monoisotopic (exact) mass is 154 g/mol. The number of aliphatic hydroxyl groups excluding tert-OH is 1. The van der Waals surface area contributed by atoms with Gasteiger partial charge in [-0.05, 0) is 0 Å². The smallest absolute Gasteiger partial charge is 0.258 e. The number of alkyl halides is 2. The van der Waals surface area contributed by atoms with Crippen molar-refractivity contribution in [3.05, 3.63) is 0 Å². The third kappa shape index (κ3) is 1.79. The average Bonchev–Trinajstić information content (AvgIpc) is 2.10. The van der Waals surface area contributed by atoms with Gasteiger partial charge in [0.15, 0.2) is 0 Å². The van der Waals surface area contributed by atoms with Crippen LogP contribution in [-0.4, -0.2) is 28.6 Å². The maximum absolute atomic E-state index is 12.2. The Hall–Kier alpha value is 0.170. The molecule has 1 N–H and O–H groups in total. The van der Waals surface area contributed by atoms with Gasteiger partial charge in [0.05, 0.1) is 12.4 Å². The normalized spacial score (nSPS) is 33.0. The topological polar surface area (TPSA) is 20.2 Å². The molecular weight excluding hydrogens is 146 g/mol. The Labute approximate surface area is 56.4 Å². The summed E-state index contributed by atoms with van der Waals surface area (Å²) in [7, 11) is 0. The second-order valence-corrected chi connectivity index (χ2v) is 3.46. The van der Waals surface area contributed by atoms with Gasteiger partial charge in [0.25, 0.3) is 5.92 Å². The highest BCUT2D eigenvalue weighted by molar-refractivity contribution is 8.00. The standard InChI is InChI=1S/C5H8F2OS/c6-5(7)1-4(2-8)9-3-5/h4,8H,1-3H2/t4-/m0/s1. The van der Waals surface area contributed by atoms with Gasteiger partial charge in [-0.1, -0.05) is 0 Å².